The van der Waals surface area contributed by atoms with Crippen molar-refractivity contribution in [2.45, 2.75) is 33.2 Å². The molecular weight excluding hydrogens is 224 g/mol. The van der Waals surface area contributed by atoms with Gasteiger partial charge in [0.25, 0.3) is 0 Å². The lowest BCUT2D eigenvalue weighted by Crippen LogP contribution is -2.08. The summed E-state index contributed by atoms with van der Waals surface area (Å²) in [7, 11) is 1.99. The molecule has 2 rings (SSSR count). The number of aryl methyl sites for hydroxylation is 1. The number of benzene rings is 1. The van der Waals surface area contributed by atoms with Crippen molar-refractivity contribution in [2.24, 2.45) is 7.05 Å². The Morgan fingerprint density at radius 2 is 1.94 bits per heavy atom. The van der Waals surface area contributed by atoms with E-state index in [4.69, 9.17) is 0 Å². The molecule has 4 nitrogen and oxygen atoms in total. The standard InChI is InChI=1S/C14H20N4/c1-10(2)12-7-5-6-8-13(12)15-9-14-17-16-11(3)18(14)4/h5-8,10,15H,9H2,1-4H3. The Bertz CT molecular complexity index is 528. The van der Waals surface area contributed by atoms with Gasteiger partial charge in [-0.3, -0.25) is 0 Å². The molecule has 0 aliphatic rings. The minimum absolute atomic E-state index is 0.509. The number of hydrogen-bond acceptors (Lipinski definition) is 3. The quantitative estimate of drug-likeness (QED) is 0.899. The number of hydrogen-bond donors (Lipinski definition) is 1. The van der Waals surface area contributed by atoms with Crippen LogP contribution in [0.4, 0.5) is 5.69 Å². The first-order valence-electron chi connectivity index (χ1n) is 6.27. The van der Waals surface area contributed by atoms with Crippen molar-refractivity contribution in [2.75, 3.05) is 5.32 Å². The Kier molecular flexibility index (Phi) is 3.65. The Labute approximate surface area is 108 Å². The van der Waals surface area contributed by atoms with E-state index in [1.807, 2.05) is 18.5 Å². The van der Waals surface area contributed by atoms with Gasteiger partial charge in [0, 0.05) is 12.7 Å². The van der Waals surface area contributed by atoms with Crippen LogP contribution in [0.15, 0.2) is 24.3 Å². The van der Waals surface area contributed by atoms with Crippen molar-refractivity contribution in [3.8, 4) is 0 Å². The third-order valence-corrected chi connectivity index (χ3v) is 3.20. The van der Waals surface area contributed by atoms with E-state index < -0.39 is 0 Å². The summed E-state index contributed by atoms with van der Waals surface area (Å²) in [4.78, 5) is 0. The summed E-state index contributed by atoms with van der Waals surface area (Å²) in [5, 5.41) is 11.7. The lowest BCUT2D eigenvalue weighted by Gasteiger charge is -2.14. The van der Waals surface area contributed by atoms with E-state index in [0.717, 1.165) is 11.6 Å². The van der Waals surface area contributed by atoms with Gasteiger partial charge in [-0.1, -0.05) is 32.0 Å². The maximum Gasteiger partial charge on any atom is 0.152 e. The van der Waals surface area contributed by atoms with Crippen molar-refractivity contribution in [1.82, 2.24) is 14.8 Å². The summed E-state index contributed by atoms with van der Waals surface area (Å²) in [6.45, 7) is 7.06. The predicted molar refractivity (Wildman–Crippen MR) is 73.6 cm³/mol. The Morgan fingerprint density at radius 1 is 1.22 bits per heavy atom. The molecule has 1 aromatic carbocycles. The fourth-order valence-corrected chi connectivity index (χ4v) is 1.94. The zero-order valence-electron chi connectivity index (χ0n) is 11.4. The highest BCUT2D eigenvalue weighted by molar-refractivity contribution is 5.52. The maximum atomic E-state index is 4.16. The second-order valence-electron chi connectivity index (χ2n) is 4.82. The van der Waals surface area contributed by atoms with Gasteiger partial charge in [-0.25, -0.2) is 0 Å². The average molecular weight is 244 g/mol. The van der Waals surface area contributed by atoms with Gasteiger partial charge in [-0.2, -0.15) is 0 Å². The van der Waals surface area contributed by atoms with E-state index in [1.54, 1.807) is 0 Å². The SMILES string of the molecule is Cc1nnc(CNc2ccccc2C(C)C)n1C. The van der Waals surface area contributed by atoms with E-state index in [1.165, 1.54) is 11.3 Å². The summed E-state index contributed by atoms with van der Waals surface area (Å²) in [5.41, 5.74) is 2.50. The Morgan fingerprint density at radius 3 is 2.56 bits per heavy atom. The first kappa shape index (κ1) is 12.6. The number of rotatable bonds is 4. The molecule has 96 valence electrons. The zero-order chi connectivity index (χ0) is 13.1. The number of para-hydroxylation sites is 1. The molecule has 0 atom stereocenters. The van der Waals surface area contributed by atoms with Gasteiger partial charge in [0.1, 0.15) is 5.82 Å². The molecule has 1 N–H and O–H groups in total. The number of nitrogens with zero attached hydrogens (tertiary/aromatic N) is 3. The van der Waals surface area contributed by atoms with Crippen LogP contribution >= 0.6 is 0 Å². The molecule has 1 aromatic heterocycles. The monoisotopic (exact) mass is 244 g/mol. The van der Waals surface area contributed by atoms with E-state index in [2.05, 4.69) is 53.6 Å². The molecule has 0 bridgehead atoms. The van der Waals surface area contributed by atoms with Crippen LogP contribution in [0, 0.1) is 6.92 Å². The highest BCUT2D eigenvalue weighted by Crippen LogP contribution is 2.23. The van der Waals surface area contributed by atoms with Crippen molar-refractivity contribution >= 4 is 5.69 Å². The second kappa shape index (κ2) is 5.21. The molecule has 1 heterocycles. The molecule has 0 spiro atoms. The molecule has 0 aliphatic heterocycles. The molecule has 0 aliphatic carbocycles. The zero-order valence-corrected chi connectivity index (χ0v) is 11.4. The number of nitrogens with one attached hydrogen (secondary N) is 1. The highest BCUT2D eigenvalue weighted by Gasteiger charge is 2.08. The van der Waals surface area contributed by atoms with Crippen LogP contribution in [-0.4, -0.2) is 14.8 Å². The van der Waals surface area contributed by atoms with Crippen LogP contribution in [0.5, 0.6) is 0 Å². The number of anilines is 1. The molecule has 4 heteroatoms. The van der Waals surface area contributed by atoms with Crippen LogP contribution in [0.3, 0.4) is 0 Å². The van der Waals surface area contributed by atoms with Gasteiger partial charge >= 0.3 is 0 Å². The van der Waals surface area contributed by atoms with Gasteiger partial charge in [0.2, 0.25) is 0 Å². The van der Waals surface area contributed by atoms with Crippen molar-refractivity contribution < 1.29 is 0 Å². The smallest absolute Gasteiger partial charge is 0.152 e. The molecule has 0 unspecified atom stereocenters. The van der Waals surface area contributed by atoms with Crippen LogP contribution in [0.25, 0.3) is 0 Å². The van der Waals surface area contributed by atoms with Crippen LogP contribution in [0.1, 0.15) is 37.0 Å². The molecule has 2 aromatic rings. The third kappa shape index (κ3) is 2.53. The minimum atomic E-state index is 0.509. The normalized spacial score (nSPS) is 10.9. The molecule has 0 amide bonds. The first-order valence-corrected chi connectivity index (χ1v) is 6.27. The van der Waals surface area contributed by atoms with Crippen LogP contribution in [0.2, 0.25) is 0 Å². The first-order chi connectivity index (χ1) is 8.59. The fourth-order valence-electron chi connectivity index (χ4n) is 1.94. The fraction of sp³-hybridized carbons (Fsp3) is 0.429. The van der Waals surface area contributed by atoms with Gasteiger partial charge in [-0.15, -0.1) is 10.2 Å². The third-order valence-electron chi connectivity index (χ3n) is 3.20. The van der Waals surface area contributed by atoms with Crippen LogP contribution < -0.4 is 5.32 Å². The van der Waals surface area contributed by atoms with E-state index >= 15 is 0 Å². The molecule has 18 heavy (non-hydrogen) atoms. The number of aromatic nitrogens is 3. The lowest BCUT2D eigenvalue weighted by atomic mass is 10.0. The van der Waals surface area contributed by atoms with Gasteiger partial charge in [0.05, 0.1) is 6.54 Å². The Hall–Kier alpha value is -1.84. The lowest BCUT2D eigenvalue weighted by molar-refractivity contribution is 0.786. The van der Waals surface area contributed by atoms with Gasteiger partial charge in [0.15, 0.2) is 5.82 Å². The summed E-state index contributed by atoms with van der Waals surface area (Å²) in [6.07, 6.45) is 0. The summed E-state index contributed by atoms with van der Waals surface area (Å²) in [6, 6.07) is 8.40. The Balaban J connectivity index is 2.13. The minimum Gasteiger partial charge on any atom is -0.378 e. The summed E-state index contributed by atoms with van der Waals surface area (Å²) in [5.74, 6) is 2.39. The van der Waals surface area contributed by atoms with E-state index in [9.17, 15) is 0 Å². The molecule has 0 saturated carbocycles. The van der Waals surface area contributed by atoms with Gasteiger partial charge < -0.3 is 9.88 Å². The maximum absolute atomic E-state index is 4.16. The topological polar surface area (TPSA) is 42.7 Å². The van der Waals surface area contributed by atoms with Gasteiger partial charge in [-0.05, 0) is 24.5 Å². The predicted octanol–water partition coefficient (Wildman–Crippen LogP) is 2.86. The highest BCUT2D eigenvalue weighted by atomic mass is 15.3. The van der Waals surface area contributed by atoms with Crippen molar-refractivity contribution in [1.29, 1.82) is 0 Å². The van der Waals surface area contributed by atoms with Crippen LogP contribution in [-0.2, 0) is 13.6 Å². The van der Waals surface area contributed by atoms with Crippen molar-refractivity contribution in [3.05, 3.63) is 41.5 Å². The van der Waals surface area contributed by atoms with Crippen molar-refractivity contribution in [3.63, 3.8) is 0 Å². The largest absolute Gasteiger partial charge is 0.378 e. The molecular formula is C14H20N4. The molecule has 0 fully saturated rings. The van der Waals surface area contributed by atoms with E-state index in [0.29, 0.717) is 12.5 Å². The summed E-state index contributed by atoms with van der Waals surface area (Å²) < 4.78 is 2.00. The molecule has 0 saturated heterocycles. The van der Waals surface area contributed by atoms with E-state index in [-0.39, 0.29) is 0 Å². The summed E-state index contributed by atoms with van der Waals surface area (Å²) >= 11 is 0. The second-order valence-corrected chi connectivity index (χ2v) is 4.82. The molecule has 0 radical (unpaired) electrons. The average Bonchev–Trinajstić information content (AvgIpc) is 2.68.